The highest BCUT2D eigenvalue weighted by Crippen LogP contribution is 2.15. The van der Waals surface area contributed by atoms with Gasteiger partial charge in [-0.15, -0.1) is 11.3 Å². The molecule has 0 spiro atoms. The molecule has 0 aromatic carbocycles. The third-order valence-electron chi connectivity index (χ3n) is 2.79. The second-order valence-corrected chi connectivity index (χ2v) is 6.47. The largest absolute Gasteiger partial charge is 0.310 e. The van der Waals surface area contributed by atoms with Gasteiger partial charge < -0.3 is 5.32 Å². The normalized spacial score (nSPS) is 17.5. The molecule has 96 valence electrons. The predicted octanol–water partition coefficient (Wildman–Crippen LogP) is 2.19. The lowest BCUT2D eigenvalue weighted by molar-refractivity contribution is 0.291. The zero-order chi connectivity index (χ0) is 11.9. The van der Waals surface area contributed by atoms with E-state index in [9.17, 15) is 0 Å². The molecule has 0 aliphatic carbocycles. The molecule has 3 nitrogen and oxygen atoms in total. The average molecular weight is 271 g/mol. The quantitative estimate of drug-likeness (QED) is 0.803. The Morgan fingerprint density at radius 2 is 2.24 bits per heavy atom. The van der Waals surface area contributed by atoms with Crippen molar-refractivity contribution in [3.8, 4) is 0 Å². The Labute approximate surface area is 112 Å². The number of nitrogens with zero attached hydrogens (tertiary/aromatic N) is 2. The van der Waals surface area contributed by atoms with Crippen molar-refractivity contribution in [2.75, 3.05) is 31.1 Å². The van der Waals surface area contributed by atoms with E-state index in [-0.39, 0.29) is 0 Å². The van der Waals surface area contributed by atoms with Gasteiger partial charge in [0.05, 0.1) is 5.69 Å². The molecule has 0 radical (unpaired) electrons. The molecule has 0 amide bonds. The van der Waals surface area contributed by atoms with Crippen LogP contribution in [0.25, 0.3) is 0 Å². The number of thiazole rings is 1. The van der Waals surface area contributed by atoms with Crippen molar-refractivity contribution >= 4 is 23.1 Å². The van der Waals surface area contributed by atoms with E-state index in [1.807, 2.05) is 0 Å². The number of thioether (sulfide) groups is 1. The van der Waals surface area contributed by atoms with Gasteiger partial charge in [0.2, 0.25) is 0 Å². The Hall–Kier alpha value is -0.100. The molecule has 1 N–H and O–H groups in total. The predicted molar refractivity (Wildman–Crippen MR) is 76.7 cm³/mol. The van der Waals surface area contributed by atoms with E-state index < -0.39 is 0 Å². The van der Waals surface area contributed by atoms with E-state index in [0.29, 0.717) is 0 Å². The Balaban J connectivity index is 1.76. The molecule has 0 bridgehead atoms. The van der Waals surface area contributed by atoms with Crippen molar-refractivity contribution in [3.05, 3.63) is 16.1 Å². The first-order valence-electron chi connectivity index (χ1n) is 6.32. The minimum absolute atomic E-state index is 0.925. The topological polar surface area (TPSA) is 28.2 Å². The molecule has 0 unspecified atom stereocenters. The lowest BCUT2D eigenvalue weighted by Gasteiger charge is -2.25. The Morgan fingerprint density at radius 3 is 3.00 bits per heavy atom. The van der Waals surface area contributed by atoms with E-state index in [1.165, 1.54) is 41.7 Å². The lowest BCUT2D eigenvalue weighted by Crippen LogP contribution is -2.32. The van der Waals surface area contributed by atoms with Crippen LogP contribution in [0, 0.1) is 0 Å². The molecule has 17 heavy (non-hydrogen) atoms. The maximum Gasteiger partial charge on any atom is 0.107 e. The van der Waals surface area contributed by atoms with Crippen LogP contribution < -0.4 is 5.32 Å². The fourth-order valence-corrected chi connectivity index (χ4v) is 3.60. The summed E-state index contributed by atoms with van der Waals surface area (Å²) >= 11 is 3.84. The lowest BCUT2D eigenvalue weighted by atomic mass is 10.4. The van der Waals surface area contributed by atoms with Gasteiger partial charge in [0.25, 0.3) is 0 Å². The van der Waals surface area contributed by atoms with Gasteiger partial charge in [-0.1, -0.05) is 6.92 Å². The Kier molecular flexibility index (Phi) is 5.77. The summed E-state index contributed by atoms with van der Waals surface area (Å²) in [5.41, 5.74) is 1.25. The summed E-state index contributed by atoms with van der Waals surface area (Å²) in [4.78, 5) is 7.19. The second kappa shape index (κ2) is 7.36. The standard InChI is InChI=1S/C12H21N3S2/c1-2-3-13-8-12-14-11(10-17-12)9-15-4-6-16-7-5-15/h10,13H,2-9H2,1H3. The molecule has 1 saturated heterocycles. The summed E-state index contributed by atoms with van der Waals surface area (Å²) in [6, 6.07) is 0. The molecule has 1 aliphatic rings. The zero-order valence-electron chi connectivity index (χ0n) is 10.4. The number of rotatable bonds is 6. The summed E-state index contributed by atoms with van der Waals surface area (Å²) < 4.78 is 0. The van der Waals surface area contributed by atoms with Gasteiger partial charge in [0.1, 0.15) is 5.01 Å². The van der Waals surface area contributed by atoms with Crippen molar-refractivity contribution in [2.45, 2.75) is 26.4 Å². The van der Waals surface area contributed by atoms with Crippen LogP contribution in [-0.4, -0.2) is 41.0 Å². The fourth-order valence-electron chi connectivity index (χ4n) is 1.86. The molecule has 2 rings (SSSR count). The number of aromatic nitrogens is 1. The van der Waals surface area contributed by atoms with Crippen LogP contribution in [0.2, 0.25) is 0 Å². The SMILES string of the molecule is CCCNCc1nc(CN2CCSCC2)cs1. The highest BCUT2D eigenvalue weighted by atomic mass is 32.2. The van der Waals surface area contributed by atoms with E-state index in [2.05, 4.69) is 39.3 Å². The molecule has 1 aromatic rings. The van der Waals surface area contributed by atoms with Crippen molar-refractivity contribution in [2.24, 2.45) is 0 Å². The second-order valence-electron chi connectivity index (χ2n) is 4.30. The zero-order valence-corrected chi connectivity index (χ0v) is 12.1. The Bertz CT molecular complexity index is 321. The van der Waals surface area contributed by atoms with Crippen LogP contribution in [0.15, 0.2) is 5.38 Å². The van der Waals surface area contributed by atoms with Crippen molar-refractivity contribution in [1.82, 2.24) is 15.2 Å². The highest BCUT2D eigenvalue weighted by Gasteiger charge is 2.12. The van der Waals surface area contributed by atoms with Gasteiger partial charge in [0.15, 0.2) is 0 Å². The van der Waals surface area contributed by atoms with E-state index in [0.717, 1.165) is 19.6 Å². The van der Waals surface area contributed by atoms with Gasteiger partial charge in [-0.2, -0.15) is 11.8 Å². The fraction of sp³-hybridized carbons (Fsp3) is 0.750. The first kappa shape index (κ1) is 13.3. The number of hydrogen-bond donors (Lipinski definition) is 1. The van der Waals surface area contributed by atoms with Gasteiger partial charge in [-0.25, -0.2) is 4.98 Å². The maximum atomic E-state index is 4.68. The van der Waals surface area contributed by atoms with E-state index in [4.69, 9.17) is 0 Å². The van der Waals surface area contributed by atoms with Crippen LogP contribution in [0.4, 0.5) is 0 Å². The van der Waals surface area contributed by atoms with Crippen molar-refractivity contribution < 1.29 is 0 Å². The molecule has 0 saturated carbocycles. The van der Waals surface area contributed by atoms with Gasteiger partial charge in [-0.05, 0) is 13.0 Å². The smallest absolute Gasteiger partial charge is 0.107 e. The minimum Gasteiger partial charge on any atom is -0.310 e. The first-order chi connectivity index (χ1) is 8.38. The van der Waals surface area contributed by atoms with E-state index in [1.54, 1.807) is 11.3 Å². The highest BCUT2D eigenvalue weighted by molar-refractivity contribution is 7.99. The molecule has 1 aliphatic heterocycles. The van der Waals surface area contributed by atoms with Crippen LogP contribution in [0.3, 0.4) is 0 Å². The molecule has 1 aromatic heterocycles. The van der Waals surface area contributed by atoms with Crippen LogP contribution in [0.5, 0.6) is 0 Å². The molecule has 0 atom stereocenters. The Morgan fingerprint density at radius 1 is 1.41 bits per heavy atom. The summed E-state index contributed by atoms with van der Waals surface area (Å²) in [6.07, 6.45) is 1.18. The average Bonchev–Trinajstić information content (AvgIpc) is 2.79. The van der Waals surface area contributed by atoms with Crippen LogP contribution >= 0.6 is 23.1 Å². The molecule has 2 heterocycles. The van der Waals surface area contributed by atoms with Crippen LogP contribution in [0.1, 0.15) is 24.0 Å². The molecule has 1 fully saturated rings. The van der Waals surface area contributed by atoms with Gasteiger partial charge in [-0.3, -0.25) is 4.90 Å². The summed E-state index contributed by atoms with van der Waals surface area (Å²) in [5, 5.41) is 6.83. The summed E-state index contributed by atoms with van der Waals surface area (Å²) in [6.45, 7) is 7.66. The van der Waals surface area contributed by atoms with Gasteiger partial charge in [0, 0.05) is 43.1 Å². The molecular formula is C12H21N3S2. The summed E-state index contributed by atoms with van der Waals surface area (Å²) in [5.74, 6) is 2.55. The van der Waals surface area contributed by atoms with Crippen molar-refractivity contribution in [3.63, 3.8) is 0 Å². The minimum atomic E-state index is 0.925. The first-order valence-corrected chi connectivity index (χ1v) is 8.36. The molecular weight excluding hydrogens is 250 g/mol. The number of nitrogens with one attached hydrogen (secondary N) is 1. The van der Waals surface area contributed by atoms with Gasteiger partial charge >= 0.3 is 0 Å². The molecule has 5 heteroatoms. The number of hydrogen-bond acceptors (Lipinski definition) is 5. The summed E-state index contributed by atoms with van der Waals surface area (Å²) in [7, 11) is 0. The third-order valence-corrected chi connectivity index (χ3v) is 4.63. The van der Waals surface area contributed by atoms with Crippen LogP contribution in [-0.2, 0) is 13.1 Å². The van der Waals surface area contributed by atoms with Crippen molar-refractivity contribution in [1.29, 1.82) is 0 Å². The monoisotopic (exact) mass is 271 g/mol. The third kappa shape index (κ3) is 4.58. The maximum absolute atomic E-state index is 4.68. The van der Waals surface area contributed by atoms with E-state index >= 15 is 0 Å².